The highest BCUT2D eigenvalue weighted by Crippen LogP contribution is 2.13. The van der Waals surface area contributed by atoms with E-state index in [1.807, 2.05) is 36.5 Å². The molecule has 4 aromatic rings. The van der Waals surface area contributed by atoms with Gasteiger partial charge in [-0.3, -0.25) is 14.5 Å². The van der Waals surface area contributed by atoms with Gasteiger partial charge in [-0.1, -0.05) is 12.1 Å². The second-order valence-electron chi connectivity index (χ2n) is 5.56. The van der Waals surface area contributed by atoms with E-state index in [9.17, 15) is 4.79 Å². The molecular formula is C19H15N5O. The summed E-state index contributed by atoms with van der Waals surface area (Å²) >= 11 is 0. The molecule has 2 N–H and O–H groups in total. The summed E-state index contributed by atoms with van der Waals surface area (Å²) in [7, 11) is 0. The summed E-state index contributed by atoms with van der Waals surface area (Å²) in [6.45, 7) is 0. The number of hydrogen-bond donors (Lipinski definition) is 1. The Morgan fingerprint density at radius 2 is 1.88 bits per heavy atom. The lowest BCUT2D eigenvalue weighted by molar-refractivity contribution is 0.763. The van der Waals surface area contributed by atoms with Crippen LogP contribution < -0.4 is 11.3 Å². The number of aromatic nitrogens is 4. The third-order valence-corrected chi connectivity index (χ3v) is 3.81. The molecule has 1 aromatic carbocycles. The first-order chi connectivity index (χ1) is 12.2. The van der Waals surface area contributed by atoms with Gasteiger partial charge in [-0.25, -0.2) is 4.98 Å². The molecule has 25 heavy (non-hydrogen) atoms. The molecule has 0 spiro atoms. The third kappa shape index (κ3) is 2.92. The van der Waals surface area contributed by atoms with Gasteiger partial charge < -0.3 is 5.73 Å². The van der Waals surface area contributed by atoms with Crippen LogP contribution in [0.25, 0.3) is 23.5 Å². The van der Waals surface area contributed by atoms with Gasteiger partial charge in [0.2, 0.25) is 0 Å². The minimum absolute atomic E-state index is 0.155. The molecule has 6 heteroatoms. The van der Waals surface area contributed by atoms with Crippen molar-refractivity contribution in [2.75, 3.05) is 5.73 Å². The number of pyridine rings is 1. The van der Waals surface area contributed by atoms with Crippen LogP contribution in [0.15, 0.2) is 71.9 Å². The quantitative estimate of drug-likeness (QED) is 0.586. The summed E-state index contributed by atoms with van der Waals surface area (Å²) in [5, 5.41) is 0. The van der Waals surface area contributed by atoms with Crippen LogP contribution in [0.3, 0.4) is 0 Å². The number of rotatable bonds is 3. The van der Waals surface area contributed by atoms with Crippen molar-refractivity contribution >= 4 is 23.5 Å². The van der Waals surface area contributed by atoms with E-state index in [0.29, 0.717) is 17.0 Å². The molecule has 0 aliphatic carbocycles. The molecule has 0 saturated heterocycles. The average molecular weight is 329 g/mol. The van der Waals surface area contributed by atoms with Gasteiger partial charge in [0.1, 0.15) is 0 Å². The third-order valence-electron chi connectivity index (χ3n) is 3.81. The maximum Gasteiger partial charge on any atom is 0.273 e. The number of nitrogens with zero attached hydrogens (tertiary/aromatic N) is 4. The summed E-state index contributed by atoms with van der Waals surface area (Å²) in [6, 6.07) is 14.4. The summed E-state index contributed by atoms with van der Waals surface area (Å²) in [5.74, 6) is 0. The SMILES string of the molecule is Nc1ccc(-n2ccc3nc(/C=C/c4cccnc4)cc(=O)n32)cc1. The highest BCUT2D eigenvalue weighted by Gasteiger charge is 2.07. The Balaban J connectivity index is 1.76. The standard InChI is InChI=1S/C19H15N5O/c20-15-4-7-17(8-5-15)23-11-9-18-22-16(12-19(25)24(18)23)6-3-14-2-1-10-21-13-14/h1-13H,20H2/b6-3+. The monoisotopic (exact) mass is 329 g/mol. The van der Waals surface area contributed by atoms with Gasteiger partial charge in [0.25, 0.3) is 5.56 Å². The lowest BCUT2D eigenvalue weighted by Crippen LogP contribution is -2.19. The zero-order valence-electron chi connectivity index (χ0n) is 13.3. The molecule has 0 saturated carbocycles. The van der Waals surface area contributed by atoms with Crippen molar-refractivity contribution < 1.29 is 0 Å². The summed E-state index contributed by atoms with van der Waals surface area (Å²) in [4.78, 5) is 21.1. The number of anilines is 1. The molecule has 0 fully saturated rings. The fraction of sp³-hybridized carbons (Fsp3) is 0. The van der Waals surface area contributed by atoms with Crippen molar-refractivity contribution in [3.63, 3.8) is 0 Å². The van der Waals surface area contributed by atoms with Crippen LogP contribution in [0, 0.1) is 0 Å². The minimum atomic E-state index is -0.155. The van der Waals surface area contributed by atoms with Gasteiger partial charge in [-0.2, -0.15) is 4.52 Å². The smallest absolute Gasteiger partial charge is 0.273 e. The molecule has 3 aromatic heterocycles. The Morgan fingerprint density at radius 3 is 2.64 bits per heavy atom. The lowest BCUT2D eigenvalue weighted by atomic mass is 10.2. The predicted molar refractivity (Wildman–Crippen MR) is 98.4 cm³/mol. The van der Waals surface area contributed by atoms with E-state index in [2.05, 4.69) is 9.97 Å². The van der Waals surface area contributed by atoms with Gasteiger partial charge in [0.05, 0.1) is 11.4 Å². The molecule has 122 valence electrons. The molecule has 0 amide bonds. The van der Waals surface area contributed by atoms with E-state index in [1.165, 1.54) is 10.6 Å². The molecule has 0 unspecified atom stereocenters. The van der Waals surface area contributed by atoms with Gasteiger partial charge in [-0.15, -0.1) is 0 Å². The average Bonchev–Trinajstić information content (AvgIpc) is 3.06. The fourth-order valence-corrected chi connectivity index (χ4v) is 2.61. The van der Waals surface area contributed by atoms with Crippen molar-refractivity contribution in [3.05, 3.63) is 88.7 Å². The molecule has 0 atom stereocenters. The Hall–Kier alpha value is -3.67. The van der Waals surface area contributed by atoms with Gasteiger partial charge in [0, 0.05) is 36.4 Å². The first-order valence-corrected chi connectivity index (χ1v) is 7.76. The van der Waals surface area contributed by atoms with Gasteiger partial charge >= 0.3 is 0 Å². The molecule has 0 aliphatic rings. The van der Waals surface area contributed by atoms with Crippen LogP contribution >= 0.6 is 0 Å². The van der Waals surface area contributed by atoms with Crippen molar-refractivity contribution in [2.45, 2.75) is 0 Å². The number of nitrogens with two attached hydrogens (primary N) is 1. The maximum absolute atomic E-state index is 12.6. The predicted octanol–water partition coefficient (Wildman–Crippen LogP) is 2.63. The Bertz CT molecular complexity index is 1110. The second-order valence-corrected chi connectivity index (χ2v) is 5.56. The first kappa shape index (κ1) is 14.9. The Kier molecular flexibility index (Phi) is 3.63. The zero-order valence-corrected chi connectivity index (χ0v) is 13.3. The van der Waals surface area contributed by atoms with Crippen LogP contribution in [0.5, 0.6) is 0 Å². The molecule has 3 heterocycles. The van der Waals surface area contributed by atoms with Gasteiger partial charge in [0.15, 0.2) is 5.65 Å². The van der Waals surface area contributed by atoms with E-state index < -0.39 is 0 Å². The number of nitrogen functional groups attached to an aromatic ring is 1. The maximum atomic E-state index is 12.6. The van der Waals surface area contributed by atoms with E-state index in [4.69, 9.17) is 5.73 Å². The summed E-state index contributed by atoms with van der Waals surface area (Å²) in [6.07, 6.45) is 8.96. The summed E-state index contributed by atoms with van der Waals surface area (Å²) < 4.78 is 3.27. The normalized spacial score (nSPS) is 11.4. The second kappa shape index (κ2) is 6.09. The van der Waals surface area contributed by atoms with Crippen molar-refractivity contribution in [2.24, 2.45) is 0 Å². The lowest BCUT2D eigenvalue weighted by Gasteiger charge is -2.07. The van der Waals surface area contributed by atoms with Crippen molar-refractivity contribution in [1.29, 1.82) is 0 Å². The highest BCUT2D eigenvalue weighted by atomic mass is 16.1. The molecule has 4 rings (SSSR count). The van der Waals surface area contributed by atoms with Crippen molar-refractivity contribution in [1.82, 2.24) is 19.2 Å². The number of hydrogen-bond acceptors (Lipinski definition) is 4. The molecule has 6 nitrogen and oxygen atoms in total. The van der Waals surface area contributed by atoms with Crippen LogP contribution in [-0.2, 0) is 0 Å². The first-order valence-electron chi connectivity index (χ1n) is 7.76. The van der Waals surface area contributed by atoms with E-state index >= 15 is 0 Å². The largest absolute Gasteiger partial charge is 0.399 e. The molecule has 0 radical (unpaired) electrons. The minimum Gasteiger partial charge on any atom is -0.399 e. The Morgan fingerprint density at radius 1 is 1.04 bits per heavy atom. The van der Waals surface area contributed by atoms with Crippen LogP contribution in [0.2, 0.25) is 0 Å². The number of fused-ring (bicyclic) bond motifs is 1. The number of benzene rings is 1. The highest BCUT2D eigenvalue weighted by molar-refractivity contribution is 5.68. The van der Waals surface area contributed by atoms with Crippen LogP contribution in [0.1, 0.15) is 11.3 Å². The fourth-order valence-electron chi connectivity index (χ4n) is 2.61. The summed E-state index contributed by atoms with van der Waals surface area (Å²) in [5.41, 5.74) is 9.21. The van der Waals surface area contributed by atoms with Gasteiger partial charge in [-0.05, 0) is 42.0 Å². The zero-order chi connectivity index (χ0) is 17.2. The topological polar surface area (TPSA) is 78.2 Å². The molecular weight excluding hydrogens is 314 g/mol. The Labute approximate surface area is 143 Å². The molecule has 0 bridgehead atoms. The van der Waals surface area contributed by atoms with E-state index in [-0.39, 0.29) is 5.56 Å². The van der Waals surface area contributed by atoms with Crippen LogP contribution in [0.4, 0.5) is 5.69 Å². The molecule has 0 aliphatic heterocycles. The van der Waals surface area contributed by atoms with E-state index in [0.717, 1.165) is 11.3 Å². The van der Waals surface area contributed by atoms with E-state index in [1.54, 1.807) is 41.4 Å². The van der Waals surface area contributed by atoms with Crippen LogP contribution in [-0.4, -0.2) is 19.2 Å². The van der Waals surface area contributed by atoms with Crippen molar-refractivity contribution in [3.8, 4) is 5.69 Å².